The van der Waals surface area contributed by atoms with E-state index in [-0.39, 0.29) is 5.28 Å². The number of rotatable bonds is 0. The molecule has 2 heterocycles. The lowest BCUT2D eigenvalue weighted by atomic mass is 10.3. The van der Waals surface area contributed by atoms with Crippen molar-refractivity contribution in [2.75, 3.05) is 0 Å². The molecule has 4 nitrogen and oxygen atoms in total. The van der Waals surface area contributed by atoms with E-state index in [0.29, 0.717) is 5.71 Å². The molecule has 0 unspecified atom stereocenters. The molecule has 0 saturated heterocycles. The van der Waals surface area contributed by atoms with Crippen molar-refractivity contribution in [3.63, 3.8) is 0 Å². The number of hydrogen-bond acceptors (Lipinski definition) is 4. The van der Waals surface area contributed by atoms with Crippen molar-refractivity contribution in [3.05, 3.63) is 17.2 Å². The summed E-state index contributed by atoms with van der Waals surface area (Å²) in [6.45, 7) is 1.83. The molecule has 2 rings (SSSR count). The van der Waals surface area contributed by atoms with Crippen molar-refractivity contribution < 1.29 is 4.52 Å². The molecule has 0 aliphatic heterocycles. The van der Waals surface area contributed by atoms with Gasteiger partial charge in [0, 0.05) is 0 Å². The third-order valence-electron chi connectivity index (χ3n) is 1.39. The van der Waals surface area contributed by atoms with Gasteiger partial charge in [-0.25, -0.2) is 4.98 Å². The molecule has 11 heavy (non-hydrogen) atoms. The average Bonchev–Trinajstić information content (AvgIpc) is 2.34. The third kappa shape index (κ3) is 0.952. The van der Waals surface area contributed by atoms with Crippen molar-refractivity contribution in [1.29, 1.82) is 0 Å². The van der Waals surface area contributed by atoms with Crippen LogP contribution in [-0.4, -0.2) is 15.1 Å². The zero-order valence-electron chi connectivity index (χ0n) is 5.71. The Labute approximate surface area is 67.2 Å². The van der Waals surface area contributed by atoms with Crippen molar-refractivity contribution in [1.82, 2.24) is 15.1 Å². The molecule has 0 fully saturated rings. The molecule has 0 N–H and O–H groups in total. The van der Waals surface area contributed by atoms with Crippen LogP contribution in [0, 0.1) is 6.92 Å². The molecule has 2 aromatic rings. The summed E-state index contributed by atoms with van der Waals surface area (Å²) in [5.41, 5.74) is 1.21. The Bertz CT molecular complexity index is 398. The third-order valence-corrected chi connectivity index (χ3v) is 1.56. The first-order valence-electron chi connectivity index (χ1n) is 3.02. The van der Waals surface area contributed by atoms with Gasteiger partial charge in [-0.1, -0.05) is 5.16 Å². The molecule has 0 saturated carbocycles. The Kier molecular flexibility index (Phi) is 1.29. The van der Waals surface area contributed by atoms with E-state index in [1.54, 1.807) is 6.20 Å². The smallest absolute Gasteiger partial charge is 0.262 e. The maximum absolute atomic E-state index is 5.57. The first kappa shape index (κ1) is 6.54. The van der Waals surface area contributed by atoms with Crippen LogP contribution in [0.15, 0.2) is 10.7 Å². The van der Waals surface area contributed by atoms with Crippen molar-refractivity contribution in [2.24, 2.45) is 0 Å². The number of fused-ring (bicyclic) bond motifs is 1. The predicted molar refractivity (Wildman–Crippen MR) is 39.3 cm³/mol. The van der Waals surface area contributed by atoms with Gasteiger partial charge in [-0.05, 0) is 18.5 Å². The Hall–Kier alpha value is -1.16. The molecule has 0 aromatic carbocycles. The minimum Gasteiger partial charge on any atom is -0.336 e. The lowest BCUT2D eigenvalue weighted by Gasteiger charge is -1.91. The second-order valence-corrected chi connectivity index (χ2v) is 2.46. The van der Waals surface area contributed by atoms with E-state index in [1.165, 1.54) is 0 Å². The Morgan fingerprint density at radius 1 is 1.45 bits per heavy atom. The van der Waals surface area contributed by atoms with Gasteiger partial charge in [-0.2, -0.15) is 4.98 Å². The molecule has 0 amide bonds. The zero-order chi connectivity index (χ0) is 7.84. The molecule has 0 atom stereocenters. The highest BCUT2D eigenvalue weighted by molar-refractivity contribution is 6.28. The van der Waals surface area contributed by atoms with Crippen LogP contribution in [0.5, 0.6) is 0 Å². The quantitative estimate of drug-likeness (QED) is 0.562. The summed E-state index contributed by atoms with van der Waals surface area (Å²) in [7, 11) is 0. The van der Waals surface area contributed by atoms with E-state index in [1.807, 2.05) is 6.92 Å². The van der Waals surface area contributed by atoms with E-state index < -0.39 is 0 Å². The first-order valence-corrected chi connectivity index (χ1v) is 3.39. The fourth-order valence-electron chi connectivity index (χ4n) is 0.870. The average molecular weight is 170 g/mol. The van der Waals surface area contributed by atoms with Gasteiger partial charge in [0.2, 0.25) is 5.28 Å². The molecule has 5 heteroatoms. The van der Waals surface area contributed by atoms with Gasteiger partial charge in [0.05, 0.1) is 17.3 Å². The fourth-order valence-corrected chi connectivity index (χ4v) is 1.07. The largest absolute Gasteiger partial charge is 0.336 e. The molecular weight excluding hydrogens is 166 g/mol. The molecule has 0 aliphatic rings. The van der Waals surface area contributed by atoms with E-state index in [9.17, 15) is 0 Å². The predicted octanol–water partition coefficient (Wildman–Crippen LogP) is 1.58. The van der Waals surface area contributed by atoms with Crippen molar-refractivity contribution in [2.45, 2.75) is 6.92 Å². The normalized spacial score (nSPS) is 10.7. The van der Waals surface area contributed by atoms with Crippen LogP contribution in [0.2, 0.25) is 5.28 Å². The number of halogens is 1. The summed E-state index contributed by atoms with van der Waals surface area (Å²) in [4.78, 5) is 7.75. The van der Waals surface area contributed by atoms with E-state index in [0.717, 1.165) is 11.1 Å². The lowest BCUT2D eigenvalue weighted by molar-refractivity contribution is 0.448. The Morgan fingerprint density at radius 3 is 3.09 bits per heavy atom. The number of hydrogen-bond donors (Lipinski definition) is 0. The second kappa shape index (κ2) is 2.17. The van der Waals surface area contributed by atoms with Gasteiger partial charge >= 0.3 is 0 Å². The number of aromatic nitrogens is 3. The summed E-state index contributed by atoms with van der Waals surface area (Å²) in [5.74, 6) is 0. The molecule has 0 spiro atoms. The van der Waals surface area contributed by atoms with Gasteiger partial charge in [0.15, 0.2) is 0 Å². The standard InChI is InChI=1S/C6H4ClN3O/c1-3-4-2-8-11-5(4)10-6(7)9-3/h2H,1H3. The Balaban J connectivity index is 2.91. The first-order chi connectivity index (χ1) is 5.27. The highest BCUT2D eigenvalue weighted by atomic mass is 35.5. The van der Waals surface area contributed by atoms with Crippen LogP contribution >= 0.6 is 11.6 Å². The topological polar surface area (TPSA) is 51.8 Å². The molecule has 0 bridgehead atoms. The molecule has 2 aromatic heterocycles. The van der Waals surface area contributed by atoms with Gasteiger partial charge in [0.1, 0.15) is 0 Å². The van der Waals surface area contributed by atoms with Crippen LogP contribution in [-0.2, 0) is 0 Å². The SMILES string of the molecule is Cc1nc(Cl)nc2oncc12. The van der Waals surface area contributed by atoms with Gasteiger partial charge in [-0.3, -0.25) is 0 Å². The zero-order valence-corrected chi connectivity index (χ0v) is 6.46. The summed E-state index contributed by atoms with van der Waals surface area (Å²) >= 11 is 5.57. The number of nitrogens with zero attached hydrogens (tertiary/aromatic N) is 3. The van der Waals surface area contributed by atoms with Crippen LogP contribution in [0.25, 0.3) is 11.1 Å². The highest BCUT2D eigenvalue weighted by Gasteiger charge is 2.05. The second-order valence-electron chi connectivity index (χ2n) is 2.12. The van der Waals surface area contributed by atoms with Crippen molar-refractivity contribution in [3.8, 4) is 0 Å². The van der Waals surface area contributed by atoms with Gasteiger partial charge < -0.3 is 4.52 Å². The highest BCUT2D eigenvalue weighted by Crippen LogP contribution is 2.15. The fraction of sp³-hybridized carbons (Fsp3) is 0.167. The maximum atomic E-state index is 5.57. The summed E-state index contributed by atoms with van der Waals surface area (Å²) < 4.78 is 4.79. The van der Waals surface area contributed by atoms with E-state index >= 15 is 0 Å². The molecule has 0 radical (unpaired) electrons. The van der Waals surface area contributed by atoms with E-state index in [2.05, 4.69) is 15.1 Å². The minimum absolute atomic E-state index is 0.187. The minimum atomic E-state index is 0.187. The van der Waals surface area contributed by atoms with Crippen LogP contribution in [0.3, 0.4) is 0 Å². The van der Waals surface area contributed by atoms with Gasteiger partial charge in [0.25, 0.3) is 5.71 Å². The maximum Gasteiger partial charge on any atom is 0.262 e. The lowest BCUT2D eigenvalue weighted by Crippen LogP contribution is -1.85. The van der Waals surface area contributed by atoms with Crippen LogP contribution in [0.4, 0.5) is 0 Å². The van der Waals surface area contributed by atoms with Crippen molar-refractivity contribution >= 4 is 22.7 Å². The number of aryl methyl sites for hydroxylation is 1. The summed E-state index contributed by atoms with van der Waals surface area (Å²) in [6.07, 6.45) is 1.57. The van der Waals surface area contributed by atoms with E-state index in [4.69, 9.17) is 16.1 Å². The van der Waals surface area contributed by atoms with Crippen LogP contribution < -0.4 is 0 Å². The summed E-state index contributed by atoms with van der Waals surface area (Å²) in [6, 6.07) is 0. The molecule has 0 aliphatic carbocycles. The van der Waals surface area contributed by atoms with Gasteiger partial charge in [-0.15, -0.1) is 0 Å². The molecule has 56 valence electrons. The van der Waals surface area contributed by atoms with Crippen LogP contribution in [0.1, 0.15) is 5.69 Å². The molecular formula is C6H4ClN3O. The monoisotopic (exact) mass is 169 g/mol. The summed E-state index contributed by atoms with van der Waals surface area (Å²) in [5, 5.41) is 4.55. The Morgan fingerprint density at radius 2 is 2.27 bits per heavy atom.